The van der Waals surface area contributed by atoms with E-state index in [1.807, 2.05) is 6.92 Å². The van der Waals surface area contributed by atoms with E-state index in [4.69, 9.17) is 4.74 Å². The Morgan fingerprint density at radius 1 is 1.47 bits per heavy atom. The van der Waals surface area contributed by atoms with Crippen LogP contribution in [-0.4, -0.2) is 18.1 Å². The highest BCUT2D eigenvalue weighted by Crippen LogP contribution is 2.33. The molecule has 19 heavy (non-hydrogen) atoms. The summed E-state index contributed by atoms with van der Waals surface area (Å²) < 4.78 is 5.31. The molecule has 1 aliphatic rings. The van der Waals surface area contributed by atoms with E-state index in [9.17, 15) is 10.1 Å². The second kappa shape index (κ2) is 6.41. The highest BCUT2D eigenvalue weighted by molar-refractivity contribution is 5.57. The molecule has 2 rings (SSSR count). The van der Waals surface area contributed by atoms with E-state index in [2.05, 4.69) is 5.32 Å². The van der Waals surface area contributed by atoms with Crippen LogP contribution < -0.4 is 10.1 Å². The normalized spacial score (nSPS) is 14.2. The lowest BCUT2D eigenvalue weighted by Crippen LogP contribution is -2.03. The van der Waals surface area contributed by atoms with Gasteiger partial charge in [-0.1, -0.05) is 12.8 Å². The maximum atomic E-state index is 10.9. The van der Waals surface area contributed by atoms with Crippen LogP contribution in [0.3, 0.4) is 0 Å². The number of nitrogens with one attached hydrogen (secondary N) is 1. The second-order valence-corrected chi connectivity index (χ2v) is 4.89. The largest absolute Gasteiger partial charge is 0.487 e. The Hall–Kier alpha value is -1.78. The van der Waals surface area contributed by atoms with Gasteiger partial charge in [0.15, 0.2) is 5.75 Å². The molecule has 5 heteroatoms. The molecule has 0 saturated heterocycles. The van der Waals surface area contributed by atoms with Crippen molar-refractivity contribution in [1.82, 2.24) is 0 Å². The van der Waals surface area contributed by atoms with Crippen LogP contribution in [0.2, 0.25) is 0 Å². The number of hydrogen-bond donors (Lipinski definition) is 1. The van der Waals surface area contributed by atoms with Crippen LogP contribution in [0.1, 0.15) is 32.6 Å². The van der Waals surface area contributed by atoms with Gasteiger partial charge in [-0.2, -0.15) is 0 Å². The smallest absolute Gasteiger partial charge is 0.311 e. The third kappa shape index (κ3) is 4.12. The van der Waals surface area contributed by atoms with E-state index < -0.39 is 4.92 Å². The lowest BCUT2D eigenvalue weighted by molar-refractivity contribution is -0.385. The highest BCUT2D eigenvalue weighted by atomic mass is 16.6. The van der Waals surface area contributed by atoms with Gasteiger partial charge in [0.05, 0.1) is 11.5 Å². The van der Waals surface area contributed by atoms with Gasteiger partial charge >= 0.3 is 5.69 Å². The zero-order valence-electron chi connectivity index (χ0n) is 11.2. The predicted octanol–water partition coefficient (Wildman–Crippen LogP) is 3.60. The Labute approximate surface area is 113 Å². The van der Waals surface area contributed by atoms with E-state index in [0.29, 0.717) is 12.4 Å². The molecule has 0 aromatic heterocycles. The number of nitrogens with zero attached hydrogens (tertiary/aromatic N) is 1. The van der Waals surface area contributed by atoms with Crippen molar-refractivity contribution >= 4 is 11.4 Å². The quantitative estimate of drug-likeness (QED) is 0.442. The Balaban J connectivity index is 1.91. The molecule has 0 spiro atoms. The van der Waals surface area contributed by atoms with Crippen molar-refractivity contribution in [2.24, 2.45) is 5.92 Å². The first-order valence-corrected chi connectivity index (χ1v) is 6.85. The summed E-state index contributed by atoms with van der Waals surface area (Å²) in [6.07, 6.45) is 5.18. The average molecular weight is 264 g/mol. The molecule has 1 aliphatic carbocycles. The molecule has 1 N–H and O–H groups in total. The van der Waals surface area contributed by atoms with E-state index in [1.54, 1.807) is 12.1 Å². The minimum atomic E-state index is -0.415. The summed E-state index contributed by atoms with van der Waals surface area (Å²) in [6.45, 7) is 3.14. The molecule has 104 valence electrons. The molecule has 0 amide bonds. The predicted molar refractivity (Wildman–Crippen MR) is 74.7 cm³/mol. The molecule has 0 unspecified atom stereocenters. The van der Waals surface area contributed by atoms with Gasteiger partial charge in [0.25, 0.3) is 0 Å². The van der Waals surface area contributed by atoms with Crippen molar-refractivity contribution in [2.75, 3.05) is 18.5 Å². The Morgan fingerprint density at radius 3 is 2.89 bits per heavy atom. The van der Waals surface area contributed by atoms with E-state index in [1.165, 1.54) is 25.3 Å². The maximum absolute atomic E-state index is 10.9. The Bertz CT molecular complexity index is 444. The molecular weight excluding hydrogens is 244 g/mol. The second-order valence-electron chi connectivity index (χ2n) is 4.89. The number of rotatable bonds is 8. The summed E-state index contributed by atoms with van der Waals surface area (Å²) in [5, 5.41) is 14.1. The number of anilines is 1. The minimum absolute atomic E-state index is 0.0189. The third-order valence-electron chi connectivity index (χ3n) is 3.27. The fourth-order valence-corrected chi connectivity index (χ4v) is 2.08. The summed E-state index contributed by atoms with van der Waals surface area (Å²) in [5.41, 5.74) is 0.898. The summed E-state index contributed by atoms with van der Waals surface area (Å²) in [4.78, 5) is 10.4. The van der Waals surface area contributed by atoms with Crippen molar-refractivity contribution in [3.63, 3.8) is 0 Å². The monoisotopic (exact) mass is 264 g/mol. The number of hydrogen-bond acceptors (Lipinski definition) is 4. The van der Waals surface area contributed by atoms with Crippen molar-refractivity contribution in [3.8, 4) is 5.75 Å². The topological polar surface area (TPSA) is 64.4 Å². The fourth-order valence-electron chi connectivity index (χ4n) is 2.08. The lowest BCUT2D eigenvalue weighted by atomic mass is 10.2. The van der Waals surface area contributed by atoms with Crippen molar-refractivity contribution < 1.29 is 9.66 Å². The molecule has 1 aromatic rings. The van der Waals surface area contributed by atoms with Gasteiger partial charge in [-0.05, 0) is 31.7 Å². The van der Waals surface area contributed by atoms with Gasteiger partial charge in [0.1, 0.15) is 0 Å². The Kier molecular flexibility index (Phi) is 4.60. The molecular formula is C14H20N2O3. The first-order chi connectivity index (χ1) is 9.20. The van der Waals surface area contributed by atoms with Crippen molar-refractivity contribution in [3.05, 3.63) is 28.3 Å². The summed E-state index contributed by atoms with van der Waals surface area (Å²) in [6, 6.07) is 4.94. The van der Waals surface area contributed by atoms with Crippen LogP contribution in [0.25, 0.3) is 0 Å². The van der Waals surface area contributed by atoms with Crippen LogP contribution in [0.15, 0.2) is 18.2 Å². The van der Waals surface area contributed by atoms with E-state index >= 15 is 0 Å². The first-order valence-electron chi connectivity index (χ1n) is 6.85. The fraction of sp³-hybridized carbons (Fsp3) is 0.571. The third-order valence-corrected chi connectivity index (χ3v) is 3.27. The van der Waals surface area contributed by atoms with Gasteiger partial charge in [-0.15, -0.1) is 0 Å². The SMILES string of the molecule is CCOc1cc(NCCCC2CC2)ccc1[N+](=O)[O-]. The highest BCUT2D eigenvalue weighted by Gasteiger charge is 2.20. The molecule has 0 atom stereocenters. The standard InChI is InChI=1S/C14H20N2O3/c1-2-19-14-10-12(7-8-13(14)16(17)18)15-9-3-4-11-5-6-11/h7-8,10-11,15H,2-6,9H2,1H3. The number of benzene rings is 1. The van der Waals surface area contributed by atoms with E-state index in [-0.39, 0.29) is 5.69 Å². The average Bonchev–Trinajstić information content (AvgIpc) is 3.19. The Morgan fingerprint density at radius 2 is 2.26 bits per heavy atom. The van der Waals surface area contributed by atoms with Crippen molar-refractivity contribution in [1.29, 1.82) is 0 Å². The molecule has 0 radical (unpaired) electrons. The number of nitro benzene ring substituents is 1. The van der Waals surface area contributed by atoms with Crippen LogP contribution in [0.5, 0.6) is 5.75 Å². The lowest BCUT2D eigenvalue weighted by Gasteiger charge is -2.09. The van der Waals surface area contributed by atoms with Gasteiger partial charge in [0.2, 0.25) is 0 Å². The zero-order valence-corrected chi connectivity index (χ0v) is 11.2. The summed E-state index contributed by atoms with van der Waals surface area (Å²) in [5.74, 6) is 1.28. The minimum Gasteiger partial charge on any atom is -0.487 e. The molecule has 1 saturated carbocycles. The van der Waals surface area contributed by atoms with Gasteiger partial charge in [-0.25, -0.2) is 0 Å². The zero-order chi connectivity index (χ0) is 13.7. The van der Waals surface area contributed by atoms with Crippen LogP contribution in [-0.2, 0) is 0 Å². The van der Waals surface area contributed by atoms with Gasteiger partial charge in [0, 0.05) is 24.4 Å². The molecule has 0 bridgehead atoms. The van der Waals surface area contributed by atoms with Crippen LogP contribution in [0.4, 0.5) is 11.4 Å². The first kappa shape index (κ1) is 13.6. The number of ether oxygens (including phenoxy) is 1. The van der Waals surface area contributed by atoms with Gasteiger partial charge in [-0.3, -0.25) is 10.1 Å². The summed E-state index contributed by atoms with van der Waals surface area (Å²) >= 11 is 0. The van der Waals surface area contributed by atoms with Crippen LogP contribution >= 0.6 is 0 Å². The maximum Gasteiger partial charge on any atom is 0.311 e. The molecule has 0 heterocycles. The van der Waals surface area contributed by atoms with Crippen LogP contribution in [0, 0.1) is 16.0 Å². The molecule has 1 aromatic carbocycles. The van der Waals surface area contributed by atoms with Gasteiger partial charge < -0.3 is 10.1 Å². The molecule has 1 fully saturated rings. The molecule has 0 aliphatic heterocycles. The number of nitro groups is 1. The summed E-state index contributed by atoms with van der Waals surface area (Å²) in [7, 11) is 0. The van der Waals surface area contributed by atoms with Crippen molar-refractivity contribution in [2.45, 2.75) is 32.6 Å². The van der Waals surface area contributed by atoms with E-state index in [0.717, 1.165) is 24.6 Å². The molecule has 5 nitrogen and oxygen atoms in total.